The molecule has 19 heavy (non-hydrogen) atoms. The monoisotopic (exact) mass is 284 g/mol. The van der Waals surface area contributed by atoms with Crippen molar-refractivity contribution in [2.75, 3.05) is 13.6 Å². The van der Waals surface area contributed by atoms with Crippen LogP contribution < -0.4 is 4.72 Å². The van der Waals surface area contributed by atoms with Gasteiger partial charge in [0, 0.05) is 20.1 Å². The van der Waals surface area contributed by atoms with Crippen LogP contribution in [0, 0.1) is 5.92 Å². The van der Waals surface area contributed by atoms with E-state index in [4.69, 9.17) is 5.11 Å². The van der Waals surface area contributed by atoms with Crippen molar-refractivity contribution in [2.45, 2.75) is 25.5 Å². The number of hydrogen-bond donors (Lipinski definition) is 2. The molecule has 106 valence electrons. The molecular formula is C13H20N2O3S. The summed E-state index contributed by atoms with van der Waals surface area (Å²) in [6.45, 7) is 0.752. The predicted octanol–water partition coefficient (Wildman–Crippen LogP) is 0.724. The zero-order valence-electron chi connectivity index (χ0n) is 11.0. The largest absolute Gasteiger partial charge is 0.393 e. The van der Waals surface area contributed by atoms with Crippen molar-refractivity contribution < 1.29 is 13.5 Å². The van der Waals surface area contributed by atoms with E-state index >= 15 is 0 Å². The van der Waals surface area contributed by atoms with Crippen molar-refractivity contribution in [3.8, 4) is 0 Å². The molecule has 2 rings (SSSR count). The first kappa shape index (κ1) is 14.5. The van der Waals surface area contributed by atoms with E-state index in [1.165, 1.54) is 4.31 Å². The zero-order valence-corrected chi connectivity index (χ0v) is 11.8. The van der Waals surface area contributed by atoms with E-state index in [-0.39, 0.29) is 12.0 Å². The smallest absolute Gasteiger partial charge is 0.279 e. The van der Waals surface area contributed by atoms with Gasteiger partial charge in [0.2, 0.25) is 0 Å². The molecule has 1 aliphatic rings. The van der Waals surface area contributed by atoms with Gasteiger partial charge in [0.05, 0.1) is 6.10 Å². The number of rotatable bonds is 6. The van der Waals surface area contributed by atoms with Gasteiger partial charge >= 0.3 is 0 Å². The third-order valence-electron chi connectivity index (χ3n) is 3.42. The van der Waals surface area contributed by atoms with Crippen LogP contribution in [0.4, 0.5) is 0 Å². The predicted molar refractivity (Wildman–Crippen MR) is 73.6 cm³/mol. The molecule has 0 bridgehead atoms. The normalized spacial score (nSPS) is 23.3. The van der Waals surface area contributed by atoms with Gasteiger partial charge in [0.1, 0.15) is 0 Å². The highest BCUT2D eigenvalue weighted by molar-refractivity contribution is 7.87. The summed E-state index contributed by atoms with van der Waals surface area (Å²) in [7, 11) is -1.89. The van der Waals surface area contributed by atoms with Crippen molar-refractivity contribution in [3.63, 3.8) is 0 Å². The minimum Gasteiger partial charge on any atom is -0.393 e. The van der Waals surface area contributed by atoms with Gasteiger partial charge in [-0.1, -0.05) is 30.3 Å². The molecule has 1 saturated carbocycles. The number of aliphatic hydroxyl groups excluding tert-OH is 1. The Morgan fingerprint density at radius 1 is 1.32 bits per heavy atom. The van der Waals surface area contributed by atoms with Crippen LogP contribution in [0.15, 0.2) is 30.3 Å². The van der Waals surface area contributed by atoms with Crippen LogP contribution in [0.1, 0.15) is 18.4 Å². The van der Waals surface area contributed by atoms with E-state index in [1.807, 2.05) is 30.3 Å². The summed E-state index contributed by atoms with van der Waals surface area (Å²) in [5, 5.41) is 9.16. The first-order valence-electron chi connectivity index (χ1n) is 6.40. The van der Waals surface area contributed by atoms with Crippen molar-refractivity contribution >= 4 is 10.2 Å². The zero-order chi connectivity index (χ0) is 13.9. The van der Waals surface area contributed by atoms with Crippen molar-refractivity contribution in [1.29, 1.82) is 0 Å². The number of aliphatic hydroxyl groups is 1. The summed E-state index contributed by atoms with van der Waals surface area (Å²) in [6, 6.07) is 9.47. The van der Waals surface area contributed by atoms with Gasteiger partial charge in [-0.2, -0.15) is 12.7 Å². The van der Waals surface area contributed by atoms with Crippen LogP contribution in [0.25, 0.3) is 0 Å². The van der Waals surface area contributed by atoms with Crippen molar-refractivity contribution in [2.24, 2.45) is 5.92 Å². The molecule has 1 aromatic carbocycles. The average Bonchev–Trinajstić information content (AvgIpc) is 2.34. The van der Waals surface area contributed by atoms with Crippen LogP contribution in [-0.2, 0) is 16.8 Å². The molecule has 0 heterocycles. The van der Waals surface area contributed by atoms with E-state index in [9.17, 15) is 8.42 Å². The number of benzene rings is 1. The SMILES string of the molecule is CN(Cc1ccccc1)S(=O)(=O)NCC1CC(O)C1. The van der Waals surface area contributed by atoms with Crippen molar-refractivity contribution in [1.82, 2.24) is 9.03 Å². The number of nitrogens with one attached hydrogen (secondary N) is 1. The van der Waals surface area contributed by atoms with Gasteiger partial charge in [-0.05, 0) is 24.3 Å². The Bertz CT molecular complexity index is 498. The number of nitrogens with zero attached hydrogens (tertiary/aromatic N) is 1. The lowest BCUT2D eigenvalue weighted by Crippen LogP contribution is -2.43. The van der Waals surface area contributed by atoms with Crippen LogP contribution >= 0.6 is 0 Å². The maximum Gasteiger partial charge on any atom is 0.279 e. The van der Waals surface area contributed by atoms with Crippen molar-refractivity contribution in [3.05, 3.63) is 35.9 Å². The topological polar surface area (TPSA) is 69.6 Å². The molecule has 0 atom stereocenters. The lowest BCUT2D eigenvalue weighted by Gasteiger charge is -2.31. The highest BCUT2D eigenvalue weighted by atomic mass is 32.2. The quantitative estimate of drug-likeness (QED) is 0.809. The van der Waals surface area contributed by atoms with E-state index in [1.54, 1.807) is 7.05 Å². The molecule has 1 aromatic rings. The summed E-state index contributed by atoms with van der Waals surface area (Å²) >= 11 is 0. The van der Waals surface area contributed by atoms with Gasteiger partial charge in [-0.25, -0.2) is 4.72 Å². The second-order valence-electron chi connectivity index (χ2n) is 5.09. The molecular weight excluding hydrogens is 264 g/mol. The molecule has 1 fully saturated rings. The van der Waals surface area contributed by atoms with Crippen LogP contribution in [0.5, 0.6) is 0 Å². The fraction of sp³-hybridized carbons (Fsp3) is 0.538. The van der Waals surface area contributed by atoms with E-state index in [0.717, 1.165) is 5.56 Å². The summed E-state index contributed by atoms with van der Waals surface area (Å²) in [6.07, 6.45) is 1.12. The van der Waals surface area contributed by atoms with E-state index < -0.39 is 10.2 Å². The molecule has 0 aromatic heterocycles. The highest BCUT2D eigenvalue weighted by Gasteiger charge is 2.28. The lowest BCUT2D eigenvalue weighted by atomic mass is 9.83. The third kappa shape index (κ3) is 4.01. The molecule has 2 N–H and O–H groups in total. The molecule has 0 saturated heterocycles. The Morgan fingerprint density at radius 2 is 1.95 bits per heavy atom. The molecule has 0 aliphatic heterocycles. The average molecular weight is 284 g/mol. The van der Waals surface area contributed by atoms with Crippen LogP contribution in [0.3, 0.4) is 0 Å². The molecule has 1 aliphatic carbocycles. The highest BCUT2D eigenvalue weighted by Crippen LogP contribution is 2.26. The maximum absolute atomic E-state index is 12.0. The summed E-state index contributed by atoms with van der Waals surface area (Å²) in [4.78, 5) is 0. The van der Waals surface area contributed by atoms with E-state index in [0.29, 0.717) is 25.9 Å². The summed E-state index contributed by atoms with van der Waals surface area (Å²) in [5.74, 6) is 0.259. The second-order valence-corrected chi connectivity index (χ2v) is 6.95. The first-order chi connectivity index (χ1) is 8.97. The Morgan fingerprint density at radius 3 is 2.53 bits per heavy atom. The molecule has 0 radical (unpaired) electrons. The summed E-state index contributed by atoms with van der Waals surface area (Å²) in [5.41, 5.74) is 0.953. The standard InChI is InChI=1S/C13H20N2O3S/c1-15(10-11-5-3-2-4-6-11)19(17,18)14-9-12-7-13(16)8-12/h2-6,12-14,16H,7-10H2,1H3. The van der Waals surface area contributed by atoms with Gasteiger partial charge in [0.15, 0.2) is 0 Å². The Balaban J connectivity index is 1.84. The fourth-order valence-electron chi connectivity index (χ4n) is 2.13. The first-order valence-corrected chi connectivity index (χ1v) is 7.84. The maximum atomic E-state index is 12.0. The molecule has 0 unspecified atom stereocenters. The second kappa shape index (κ2) is 6.00. The number of hydrogen-bond acceptors (Lipinski definition) is 3. The Labute approximate surface area is 114 Å². The third-order valence-corrected chi connectivity index (χ3v) is 4.90. The lowest BCUT2D eigenvalue weighted by molar-refractivity contribution is 0.0452. The van der Waals surface area contributed by atoms with Crippen LogP contribution in [-0.4, -0.2) is 37.5 Å². The Kier molecular flexibility index (Phi) is 4.57. The van der Waals surface area contributed by atoms with Gasteiger partial charge in [-0.15, -0.1) is 0 Å². The van der Waals surface area contributed by atoms with Crippen LogP contribution in [0.2, 0.25) is 0 Å². The van der Waals surface area contributed by atoms with Gasteiger partial charge in [-0.3, -0.25) is 0 Å². The molecule has 0 amide bonds. The van der Waals surface area contributed by atoms with Gasteiger partial charge in [0.25, 0.3) is 10.2 Å². The molecule has 6 heteroatoms. The molecule has 0 spiro atoms. The Hall–Kier alpha value is -0.950. The summed E-state index contributed by atoms with van der Waals surface area (Å²) < 4.78 is 27.9. The fourth-order valence-corrected chi connectivity index (χ4v) is 3.11. The van der Waals surface area contributed by atoms with E-state index in [2.05, 4.69) is 4.72 Å². The van der Waals surface area contributed by atoms with Gasteiger partial charge < -0.3 is 5.11 Å². The minimum atomic E-state index is -3.45. The minimum absolute atomic E-state index is 0.253. The molecule has 5 nitrogen and oxygen atoms in total.